The molecule has 0 saturated heterocycles. The number of rotatable bonds is 2. The van der Waals surface area contributed by atoms with Gasteiger partial charge >= 0.3 is 0 Å². The highest BCUT2D eigenvalue weighted by molar-refractivity contribution is 5.38. The largest absolute Gasteiger partial charge is 0.377 e. The minimum atomic E-state index is 0.0482. The van der Waals surface area contributed by atoms with E-state index in [4.69, 9.17) is 4.74 Å². The molecule has 1 rings (SSSR count). The lowest BCUT2D eigenvalue weighted by Gasteiger charge is -2.12. The normalized spacial score (nSPS) is 22.3. The van der Waals surface area contributed by atoms with E-state index in [0.717, 1.165) is 0 Å². The Morgan fingerprint density at radius 1 is 1.82 bits per heavy atom. The summed E-state index contributed by atoms with van der Waals surface area (Å²) in [7, 11) is 1.63. The third-order valence-corrected chi connectivity index (χ3v) is 1.52. The van der Waals surface area contributed by atoms with Crippen LogP contribution in [0.1, 0.15) is 6.42 Å². The molecular formula is C8H9NO2. The molecule has 11 heavy (non-hydrogen) atoms. The molecule has 0 saturated carbocycles. The van der Waals surface area contributed by atoms with Gasteiger partial charge in [0.15, 0.2) is 0 Å². The third kappa shape index (κ3) is 2.15. The second kappa shape index (κ2) is 3.86. The Bertz CT molecular complexity index is 236. The number of methoxy groups -OCH3 is 1. The zero-order chi connectivity index (χ0) is 8.10. The molecular weight excluding hydrogens is 142 g/mol. The summed E-state index contributed by atoms with van der Waals surface area (Å²) in [4.78, 5) is 13.4. The molecule has 58 valence electrons. The number of aliphatic imine (C=N–C) groups is 1. The van der Waals surface area contributed by atoms with Crippen LogP contribution < -0.4 is 0 Å². The van der Waals surface area contributed by atoms with Gasteiger partial charge in [-0.15, -0.1) is 0 Å². The first-order valence-electron chi connectivity index (χ1n) is 3.35. The van der Waals surface area contributed by atoms with E-state index in [0.29, 0.717) is 12.1 Å². The highest BCUT2D eigenvalue weighted by Gasteiger charge is 2.08. The van der Waals surface area contributed by atoms with Gasteiger partial charge in [-0.1, -0.05) is 12.2 Å². The van der Waals surface area contributed by atoms with Crippen LogP contribution in [0.3, 0.4) is 0 Å². The fourth-order valence-corrected chi connectivity index (χ4v) is 0.936. The minimum absolute atomic E-state index is 0.0482. The highest BCUT2D eigenvalue weighted by Crippen LogP contribution is 2.14. The van der Waals surface area contributed by atoms with E-state index in [2.05, 4.69) is 4.99 Å². The van der Waals surface area contributed by atoms with E-state index in [1.807, 2.05) is 12.2 Å². The number of isocyanates is 1. The molecule has 3 heteroatoms. The van der Waals surface area contributed by atoms with Crippen molar-refractivity contribution in [2.75, 3.05) is 7.11 Å². The zero-order valence-corrected chi connectivity index (χ0v) is 6.28. The fraction of sp³-hybridized carbons (Fsp3) is 0.375. The molecule has 0 aliphatic heterocycles. The van der Waals surface area contributed by atoms with Crippen LogP contribution in [0.25, 0.3) is 0 Å². The highest BCUT2D eigenvalue weighted by atomic mass is 16.5. The maximum absolute atomic E-state index is 9.87. The van der Waals surface area contributed by atoms with E-state index in [-0.39, 0.29) is 6.10 Å². The van der Waals surface area contributed by atoms with Gasteiger partial charge in [0, 0.05) is 13.5 Å². The number of nitrogens with zero attached hydrogens (tertiary/aromatic N) is 1. The maximum atomic E-state index is 9.87. The molecule has 1 aliphatic rings. The average molecular weight is 151 g/mol. The van der Waals surface area contributed by atoms with E-state index >= 15 is 0 Å². The number of carbonyl (C=O) groups excluding carboxylic acids is 1. The summed E-state index contributed by atoms with van der Waals surface area (Å²) in [6.07, 6.45) is 7.73. The number of allylic oxidation sites excluding steroid dienone is 2. The molecule has 0 fully saturated rings. The Balaban J connectivity index is 2.64. The predicted molar refractivity (Wildman–Crippen MR) is 40.8 cm³/mol. The molecule has 3 nitrogen and oxygen atoms in total. The molecule has 0 N–H and O–H groups in total. The summed E-state index contributed by atoms with van der Waals surface area (Å²) in [6, 6.07) is 0. The summed E-state index contributed by atoms with van der Waals surface area (Å²) < 4.78 is 5.05. The van der Waals surface area contributed by atoms with Gasteiger partial charge in [-0.2, -0.15) is 4.99 Å². The number of hydrogen-bond donors (Lipinski definition) is 0. The third-order valence-electron chi connectivity index (χ3n) is 1.52. The van der Waals surface area contributed by atoms with Gasteiger partial charge in [-0.05, 0) is 6.08 Å². The molecule has 0 heterocycles. The SMILES string of the molecule is COC1C=CC=C(N=C=O)C1. The van der Waals surface area contributed by atoms with E-state index in [1.165, 1.54) is 6.08 Å². The first-order chi connectivity index (χ1) is 5.36. The standard InChI is InChI=1S/C8H9NO2/c1-11-8-4-2-3-7(5-8)9-6-10/h2-4,8H,5H2,1H3. The van der Waals surface area contributed by atoms with Crippen molar-refractivity contribution in [3.05, 3.63) is 23.9 Å². The molecule has 1 aliphatic carbocycles. The van der Waals surface area contributed by atoms with Crippen molar-refractivity contribution in [3.8, 4) is 0 Å². The fourth-order valence-electron chi connectivity index (χ4n) is 0.936. The lowest BCUT2D eigenvalue weighted by Crippen LogP contribution is -2.09. The van der Waals surface area contributed by atoms with Gasteiger partial charge in [0.1, 0.15) is 0 Å². The molecule has 0 aromatic carbocycles. The van der Waals surface area contributed by atoms with Crippen LogP contribution in [0.15, 0.2) is 28.9 Å². The molecule has 0 bridgehead atoms. The topological polar surface area (TPSA) is 38.7 Å². The molecule has 0 aromatic rings. The maximum Gasteiger partial charge on any atom is 0.240 e. The second-order valence-corrected chi connectivity index (χ2v) is 2.22. The van der Waals surface area contributed by atoms with E-state index < -0.39 is 0 Å². The Hall–Kier alpha value is -1.18. The molecule has 0 aromatic heterocycles. The monoisotopic (exact) mass is 151 g/mol. The molecule has 1 unspecified atom stereocenters. The average Bonchev–Trinajstić information content (AvgIpc) is 2.06. The molecule has 0 radical (unpaired) electrons. The quantitative estimate of drug-likeness (QED) is 0.439. The van der Waals surface area contributed by atoms with Crippen LogP contribution >= 0.6 is 0 Å². The Morgan fingerprint density at radius 3 is 3.27 bits per heavy atom. The molecule has 1 atom stereocenters. The van der Waals surface area contributed by atoms with Crippen LogP contribution in [0.2, 0.25) is 0 Å². The van der Waals surface area contributed by atoms with E-state index in [9.17, 15) is 4.79 Å². The van der Waals surface area contributed by atoms with E-state index in [1.54, 1.807) is 13.2 Å². The number of ether oxygens (including phenoxy) is 1. The first-order valence-corrected chi connectivity index (χ1v) is 3.35. The summed E-state index contributed by atoms with van der Waals surface area (Å²) in [5, 5.41) is 0. The van der Waals surface area contributed by atoms with Crippen molar-refractivity contribution >= 4 is 6.08 Å². The van der Waals surface area contributed by atoms with Crippen molar-refractivity contribution in [2.45, 2.75) is 12.5 Å². The van der Waals surface area contributed by atoms with Crippen molar-refractivity contribution in [1.82, 2.24) is 0 Å². The first kappa shape index (κ1) is 7.92. The van der Waals surface area contributed by atoms with Crippen molar-refractivity contribution < 1.29 is 9.53 Å². The van der Waals surface area contributed by atoms with Gasteiger partial charge in [-0.25, -0.2) is 4.79 Å². The number of hydrogen-bond acceptors (Lipinski definition) is 3. The summed E-state index contributed by atoms with van der Waals surface area (Å²) in [5.74, 6) is 0. The van der Waals surface area contributed by atoms with Crippen molar-refractivity contribution in [1.29, 1.82) is 0 Å². The second-order valence-electron chi connectivity index (χ2n) is 2.22. The van der Waals surface area contributed by atoms with Crippen LogP contribution in [-0.2, 0) is 9.53 Å². The summed E-state index contributed by atoms with van der Waals surface area (Å²) in [5.41, 5.74) is 0.717. The lowest BCUT2D eigenvalue weighted by atomic mass is 10.1. The summed E-state index contributed by atoms with van der Waals surface area (Å²) in [6.45, 7) is 0. The molecule has 0 spiro atoms. The minimum Gasteiger partial charge on any atom is -0.377 e. The molecule has 0 amide bonds. The van der Waals surface area contributed by atoms with Crippen LogP contribution in [0.5, 0.6) is 0 Å². The predicted octanol–water partition coefficient (Wildman–Crippen LogP) is 1.18. The Kier molecular flexibility index (Phi) is 2.78. The van der Waals surface area contributed by atoms with Gasteiger partial charge in [-0.3, -0.25) is 0 Å². The van der Waals surface area contributed by atoms with Crippen LogP contribution in [-0.4, -0.2) is 19.3 Å². The van der Waals surface area contributed by atoms with Crippen LogP contribution in [0.4, 0.5) is 0 Å². The van der Waals surface area contributed by atoms with Gasteiger partial charge < -0.3 is 4.74 Å². The summed E-state index contributed by atoms with van der Waals surface area (Å²) >= 11 is 0. The van der Waals surface area contributed by atoms with Gasteiger partial charge in [0.2, 0.25) is 6.08 Å². The van der Waals surface area contributed by atoms with Crippen LogP contribution in [0, 0.1) is 0 Å². The Morgan fingerprint density at radius 2 is 2.64 bits per heavy atom. The lowest BCUT2D eigenvalue weighted by molar-refractivity contribution is 0.140. The smallest absolute Gasteiger partial charge is 0.240 e. The zero-order valence-electron chi connectivity index (χ0n) is 6.28. The van der Waals surface area contributed by atoms with Gasteiger partial charge in [0.05, 0.1) is 11.8 Å². The van der Waals surface area contributed by atoms with Crippen molar-refractivity contribution in [3.63, 3.8) is 0 Å². The van der Waals surface area contributed by atoms with Gasteiger partial charge in [0.25, 0.3) is 0 Å². The Labute approximate surface area is 65.1 Å². The van der Waals surface area contributed by atoms with Crippen molar-refractivity contribution in [2.24, 2.45) is 4.99 Å².